The number of carbonyl (C=O) groups is 1. The monoisotopic (exact) mass is 214 g/mol. The molecule has 88 valence electrons. The van der Waals surface area contributed by atoms with E-state index in [2.05, 4.69) is 13.8 Å². The van der Waals surface area contributed by atoms with Crippen molar-refractivity contribution in [2.75, 3.05) is 6.61 Å². The third kappa shape index (κ3) is 5.17. The average molecular weight is 214 g/mol. The summed E-state index contributed by atoms with van der Waals surface area (Å²) in [7, 11) is 0. The first-order valence-electron chi connectivity index (χ1n) is 5.91. The molecule has 1 aliphatic carbocycles. The lowest BCUT2D eigenvalue weighted by Gasteiger charge is -2.31. The molecule has 0 aromatic rings. The number of hydrogen-bond acceptors (Lipinski definition) is 2. The fourth-order valence-electron chi connectivity index (χ4n) is 2.48. The lowest BCUT2D eigenvalue weighted by molar-refractivity contribution is -0.137. The van der Waals surface area contributed by atoms with Crippen LogP contribution in [0.2, 0.25) is 0 Å². The summed E-state index contributed by atoms with van der Waals surface area (Å²) in [5.41, 5.74) is 0. The normalized spacial score (nSPS) is 31.5. The van der Waals surface area contributed by atoms with Crippen molar-refractivity contribution in [3.63, 3.8) is 0 Å². The van der Waals surface area contributed by atoms with Gasteiger partial charge in [-0.25, -0.2) is 0 Å². The number of ether oxygens (including phenoxy) is 1. The molecule has 15 heavy (non-hydrogen) atoms. The minimum atomic E-state index is -0.732. The first-order chi connectivity index (χ1) is 7.08. The van der Waals surface area contributed by atoms with E-state index in [4.69, 9.17) is 9.84 Å². The molecule has 2 unspecified atom stereocenters. The number of aliphatic carboxylic acids is 1. The van der Waals surface area contributed by atoms with Crippen LogP contribution in [0.1, 0.15) is 46.0 Å². The zero-order chi connectivity index (χ0) is 11.3. The van der Waals surface area contributed by atoms with Crippen LogP contribution in [0.15, 0.2) is 0 Å². The Balaban J connectivity index is 2.12. The van der Waals surface area contributed by atoms with Crippen LogP contribution in [-0.4, -0.2) is 23.8 Å². The van der Waals surface area contributed by atoms with Crippen molar-refractivity contribution in [3.05, 3.63) is 0 Å². The molecule has 0 spiro atoms. The summed E-state index contributed by atoms with van der Waals surface area (Å²) in [6, 6.07) is 0. The molecule has 0 amide bonds. The van der Waals surface area contributed by atoms with Gasteiger partial charge in [0.05, 0.1) is 6.10 Å². The van der Waals surface area contributed by atoms with Gasteiger partial charge in [0, 0.05) is 13.0 Å². The van der Waals surface area contributed by atoms with E-state index in [1.165, 1.54) is 6.42 Å². The van der Waals surface area contributed by atoms with Gasteiger partial charge in [-0.05, 0) is 37.5 Å². The average Bonchev–Trinajstić information content (AvgIpc) is 2.10. The minimum Gasteiger partial charge on any atom is -0.481 e. The van der Waals surface area contributed by atoms with Crippen LogP contribution >= 0.6 is 0 Å². The lowest BCUT2D eigenvalue weighted by Crippen LogP contribution is -2.26. The molecule has 1 N–H and O–H groups in total. The summed E-state index contributed by atoms with van der Waals surface area (Å²) in [5, 5.41) is 8.48. The molecule has 3 nitrogen and oxygen atoms in total. The molecule has 0 bridgehead atoms. The summed E-state index contributed by atoms with van der Waals surface area (Å²) in [5.74, 6) is 0.764. The van der Waals surface area contributed by atoms with Crippen molar-refractivity contribution in [2.45, 2.75) is 52.1 Å². The second kappa shape index (κ2) is 6.11. The van der Waals surface area contributed by atoms with Crippen LogP contribution in [0.3, 0.4) is 0 Å². The molecular weight excluding hydrogens is 192 g/mol. The Morgan fingerprint density at radius 1 is 1.27 bits per heavy atom. The second-order valence-electron chi connectivity index (χ2n) is 4.91. The van der Waals surface area contributed by atoms with E-state index in [0.717, 1.165) is 24.7 Å². The van der Waals surface area contributed by atoms with Crippen molar-refractivity contribution in [1.29, 1.82) is 0 Å². The maximum absolute atomic E-state index is 10.3. The van der Waals surface area contributed by atoms with Crippen molar-refractivity contribution < 1.29 is 14.6 Å². The van der Waals surface area contributed by atoms with Gasteiger partial charge in [-0.3, -0.25) is 4.79 Å². The van der Waals surface area contributed by atoms with E-state index in [1.54, 1.807) is 0 Å². The molecule has 1 aliphatic rings. The predicted octanol–water partition coefficient (Wildman–Crippen LogP) is 2.69. The molecule has 1 fully saturated rings. The molecule has 1 rings (SSSR count). The number of hydrogen-bond donors (Lipinski definition) is 1. The Morgan fingerprint density at radius 3 is 2.40 bits per heavy atom. The highest BCUT2D eigenvalue weighted by Gasteiger charge is 2.24. The maximum atomic E-state index is 10.3. The van der Waals surface area contributed by atoms with E-state index in [0.29, 0.717) is 19.1 Å². The lowest BCUT2D eigenvalue weighted by atomic mass is 9.82. The van der Waals surface area contributed by atoms with E-state index < -0.39 is 5.97 Å². The van der Waals surface area contributed by atoms with Crippen LogP contribution in [0, 0.1) is 11.8 Å². The first-order valence-corrected chi connectivity index (χ1v) is 5.91. The van der Waals surface area contributed by atoms with Gasteiger partial charge in [0.1, 0.15) is 0 Å². The van der Waals surface area contributed by atoms with Crippen LogP contribution in [0.25, 0.3) is 0 Å². The number of rotatable bonds is 5. The van der Waals surface area contributed by atoms with E-state index in [-0.39, 0.29) is 6.42 Å². The topological polar surface area (TPSA) is 46.5 Å². The van der Waals surface area contributed by atoms with Gasteiger partial charge < -0.3 is 9.84 Å². The summed E-state index contributed by atoms with van der Waals surface area (Å²) >= 11 is 0. The highest BCUT2D eigenvalue weighted by molar-refractivity contribution is 5.66. The fourth-order valence-corrected chi connectivity index (χ4v) is 2.48. The molecule has 2 atom stereocenters. The largest absolute Gasteiger partial charge is 0.481 e. The molecular formula is C12H22O3. The fraction of sp³-hybridized carbons (Fsp3) is 0.917. The molecule has 0 heterocycles. The van der Waals surface area contributed by atoms with Gasteiger partial charge in [-0.2, -0.15) is 0 Å². The first kappa shape index (κ1) is 12.5. The summed E-state index contributed by atoms with van der Waals surface area (Å²) in [6.07, 6.45) is 4.79. The van der Waals surface area contributed by atoms with Crippen LogP contribution in [0.4, 0.5) is 0 Å². The van der Waals surface area contributed by atoms with Crippen molar-refractivity contribution in [1.82, 2.24) is 0 Å². The minimum absolute atomic E-state index is 0.220. The second-order valence-corrected chi connectivity index (χ2v) is 4.91. The summed E-state index contributed by atoms with van der Waals surface area (Å²) < 4.78 is 5.71. The summed E-state index contributed by atoms with van der Waals surface area (Å²) in [6.45, 7) is 5.13. The predicted molar refractivity (Wildman–Crippen MR) is 58.8 cm³/mol. The van der Waals surface area contributed by atoms with Gasteiger partial charge in [0.25, 0.3) is 0 Å². The molecule has 0 aromatic heterocycles. The van der Waals surface area contributed by atoms with Crippen LogP contribution in [0.5, 0.6) is 0 Å². The zero-order valence-corrected chi connectivity index (χ0v) is 9.74. The SMILES string of the molecule is CC1CC(C)CC(OCCCC(=O)O)C1. The highest BCUT2D eigenvalue weighted by atomic mass is 16.5. The quantitative estimate of drug-likeness (QED) is 0.716. The van der Waals surface area contributed by atoms with E-state index in [9.17, 15) is 4.79 Å². The molecule has 0 saturated heterocycles. The van der Waals surface area contributed by atoms with Gasteiger partial charge >= 0.3 is 5.97 Å². The maximum Gasteiger partial charge on any atom is 0.303 e. The molecule has 0 aromatic carbocycles. The Hall–Kier alpha value is -0.570. The molecule has 0 aliphatic heterocycles. The standard InChI is InChI=1S/C12H22O3/c1-9-6-10(2)8-11(7-9)15-5-3-4-12(13)14/h9-11H,3-8H2,1-2H3,(H,13,14). The van der Waals surface area contributed by atoms with E-state index in [1.807, 2.05) is 0 Å². The summed E-state index contributed by atoms with van der Waals surface area (Å²) in [4.78, 5) is 10.3. The third-order valence-corrected chi connectivity index (χ3v) is 3.02. The van der Waals surface area contributed by atoms with Crippen LogP contribution < -0.4 is 0 Å². The van der Waals surface area contributed by atoms with Crippen molar-refractivity contribution in [3.8, 4) is 0 Å². The zero-order valence-electron chi connectivity index (χ0n) is 9.74. The van der Waals surface area contributed by atoms with Gasteiger partial charge in [0.15, 0.2) is 0 Å². The Bertz CT molecular complexity index is 193. The number of carboxylic acids is 1. The highest BCUT2D eigenvalue weighted by Crippen LogP contribution is 2.30. The van der Waals surface area contributed by atoms with E-state index >= 15 is 0 Å². The Morgan fingerprint density at radius 2 is 1.87 bits per heavy atom. The number of carboxylic acid groups (broad SMARTS) is 1. The van der Waals surface area contributed by atoms with Crippen molar-refractivity contribution >= 4 is 5.97 Å². The van der Waals surface area contributed by atoms with Crippen LogP contribution in [-0.2, 0) is 9.53 Å². The Kier molecular flexibility index (Phi) is 5.09. The van der Waals surface area contributed by atoms with Crippen molar-refractivity contribution in [2.24, 2.45) is 11.8 Å². The molecule has 0 radical (unpaired) electrons. The van der Waals surface area contributed by atoms with Gasteiger partial charge in [-0.15, -0.1) is 0 Å². The van der Waals surface area contributed by atoms with Gasteiger partial charge in [-0.1, -0.05) is 13.8 Å². The Labute approximate surface area is 91.8 Å². The smallest absolute Gasteiger partial charge is 0.303 e. The van der Waals surface area contributed by atoms with Gasteiger partial charge in [0.2, 0.25) is 0 Å². The molecule has 3 heteroatoms. The molecule has 1 saturated carbocycles. The third-order valence-electron chi connectivity index (χ3n) is 3.02.